The summed E-state index contributed by atoms with van der Waals surface area (Å²) in [5.41, 5.74) is 6.00. The lowest BCUT2D eigenvalue weighted by atomic mass is 10.0. The third kappa shape index (κ3) is 5.24. The maximum absolute atomic E-state index is 13.6. The summed E-state index contributed by atoms with van der Waals surface area (Å²) in [6.45, 7) is 7.83. The highest BCUT2D eigenvalue weighted by atomic mass is 35.5. The van der Waals surface area contributed by atoms with Gasteiger partial charge in [-0.1, -0.05) is 66.2 Å². The smallest absolute Gasteiger partial charge is 0.253 e. The maximum atomic E-state index is 13.6. The van der Waals surface area contributed by atoms with Gasteiger partial charge < -0.3 is 9.88 Å². The zero-order chi connectivity index (χ0) is 27.6. The predicted molar refractivity (Wildman–Crippen MR) is 159 cm³/mol. The molecule has 1 aliphatic rings. The number of aromatic amines is 1. The molecule has 1 N–H and O–H groups in total. The van der Waals surface area contributed by atoms with E-state index in [0.717, 1.165) is 59.8 Å². The van der Waals surface area contributed by atoms with E-state index in [1.807, 2.05) is 66.2 Å². The number of aryl methyl sites for hydroxylation is 4. The fraction of sp³-hybridized carbons (Fsp3) is 0.290. The number of nitrogens with zero attached hydrogens (tertiary/aromatic N) is 6. The summed E-state index contributed by atoms with van der Waals surface area (Å²) >= 11 is 6.33. The van der Waals surface area contributed by atoms with E-state index < -0.39 is 0 Å². The highest BCUT2D eigenvalue weighted by Crippen LogP contribution is 2.31. The van der Waals surface area contributed by atoms with Gasteiger partial charge in [0.1, 0.15) is 6.04 Å². The number of anilines is 1. The lowest BCUT2D eigenvalue weighted by Gasteiger charge is -2.40. The average Bonchev–Trinajstić information content (AvgIpc) is 3.43. The van der Waals surface area contributed by atoms with Gasteiger partial charge in [-0.3, -0.25) is 9.69 Å². The van der Waals surface area contributed by atoms with E-state index in [0.29, 0.717) is 17.9 Å². The monoisotopic (exact) mass is 553 g/mol. The van der Waals surface area contributed by atoms with Crippen molar-refractivity contribution in [3.05, 3.63) is 116 Å². The van der Waals surface area contributed by atoms with Crippen molar-refractivity contribution >= 4 is 28.2 Å². The fourth-order valence-electron chi connectivity index (χ4n) is 5.69. The molecule has 1 saturated heterocycles. The van der Waals surface area contributed by atoms with Crippen LogP contribution < -0.4 is 10.5 Å². The molecule has 40 heavy (non-hydrogen) atoms. The standard InChI is InChI=1S/C31H32ClN7O/c1-21-11-12-25(32)20-27(21)37-15-17-38(18-16-37)29(26-19-24-10-6-7-22(2)28(24)33-31(26)40)30-34-35-36-39(30)14-13-23-8-4-3-5-9-23/h3-12,19-20,29H,13-18H2,1-2H3,(H,33,40). The minimum absolute atomic E-state index is 0.113. The average molecular weight is 554 g/mol. The Kier molecular flexibility index (Phi) is 7.36. The van der Waals surface area contributed by atoms with Crippen LogP contribution in [0.2, 0.25) is 5.02 Å². The first-order chi connectivity index (χ1) is 19.5. The van der Waals surface area contributed by atoms with Crippen molar-refractivity contribution in [2.45, 2.75) is 32.9 Å². The summed E-state index contributed by atoms with van der Waals surface area (Å²) in [5, 5.41) is 14.6. The number of halogens is 1. The first-order valence-electron chi connectivity index (χ1n) is 13.7. The van der Waals surface area contributed by atoms with Gasteiger partial charge >= 0.3 is 0 Å². The van der Waals surface area contributed by atoms with E-state index >= 15 is 0 Å². The molecule has 1 unspecified atom stereocenters. The SMILES string of the molecule is Cc1ccc(Cl)cc1N1CCN(C(c2cc3cccc(C)c3[nH]c2=O)c2nnnn2CCc2ccccc2)CC1. The normalized spacial score (nSPS) is 15.0. The van der Waals surface area contributed by atoms with Crippen molar-refractivity contribution in [3.63, 3.8) is 0 Å². The van der Waals surface area contributed by atoms with Crippen LogP contribution in [0.5, 0.6) is 0 Å². The van der Waals surface area contributed by atoms with Crippen LogP contribution in [0.3, 0.4) is 0 Å². The summed E-state index contributed by atoms with van der Waals surface area (Å²) in [7, 11) is 0. The van der Waals surface area contributed by atoms with E-state index in [1.165, 1.54) is 11.1 Å². The number of pyridine rings is 1. The Labute approximate surface area is 238 Å². The lowest BCUT2D eigenvalue weighted by molar-refractivity contribution is 0.199. The van der Waals surface area contributed by atoms with E-state index in [-0.39, 0.29) is 11.6 Å². The molecule has 0 spiro atoms. The van der Waals surface area contributed by atoms with Gasteiger partial charge in [0.25, 0.3) is 5.56 Å². The first kappa shape index (κ1) is 26.2. The van der Waals surface area contributed by atoms with Crippen molar-refractivity contribution in [1.29, 1.82) is 0 Å². The number of hydrogen-bond acceptors (Lipinski definition) is 6. The van der Waals surface area contributed by atoms with Crippen LogP contribution in [0.1, 0.15) is 34.1 Å². The number of fused-ring (bicyclic) bond motifs is 1. The Hall–Kier alpha value is -4.01. The van der Waals surface area contributed by atoms with Crippen LogP contribution in [-0.2, 0) is 13.0 Å². The van der Waals surface area contributed by atoms with E-state index in [2.05, 4.69) is 55.4 Å². The van der Waals surface area contributed by atoms with Gasteiger partial charge in [-0.25, -0.2) is 4.68 Å². The first-order valence-corrected chi connectivity index (χ1v) is 14.0. The number of para-hydroxylation sites is 1. The third-order valence-corrected chi connectivity index (χ3v) is 8.10. The molecule has 8 nitrogen and oxygen atoms in total. The number of hydrogen-bond donors (Lipinski definition) is 1. The van der Waals surface area contributed by atoms with E-state index in [9.17, 15) is 4.79 Å². The summed E-state index contributed by atoms with van der Waals surface area (Å²) in [5.74, 6) is 0.681. The Balaban J connectivity index is 1.36. The number of aromatic nitrogens is 5. The second-order valence-corrected chi connectivity index (χ2v) is 10.9. The molecule has 3 aromatic carbocycles. The molecule has 6 rings (SSSR count). The Morgan fingerprint density at radius 2 is 1.73 bits per heavy atom. The van der Waals surface area contributed by atoms with Gasteiger partial charge in [-0.05, 0) is 71.0 Å². The molecule has 1 fully saturated rings. The molecule has 0 radical (unpaired) electrons. The molecule has 1 aliphatic heterocycles. The van der Waals surface area contributed by atoms with Gasteiger partial charge in [0, 0.05) is 49.0 Å². The zero-order valence-corrected chi connectivity index (χ0v) is 23.5. The highest BCUT2D eigenvalue weighted by Gasteiger charge is 2.33. The van der Waals surface area contributed by atoms with Gasteiger partial charge in [0.2, 0.25) is 0 Å². The summed E-state index contributed by atoms with van der Waals surface area (Å²) in [4.78, 5) is 21.5. The Morgan fingerprint density at radius 3 is 2.52 bits per heavy atom. The number of piperazine rings is 1. The molecule has 0 aliphatic carbocycles. The van der Waals surface area contributed by atoms with Gasteiger partial charge in [0.05, 0.1) is 5.52 Å². The highest BCUT2D eigenvalue weighted by molar-refractivity contribution is 6.30. The molecule has 0 amide bonds. The van der Waals surface area contributed by atoms with Crippen LogP contribution >= 0.6 is 11.6 Å². The molecule has 5 aromatic rings. The number of benzene rings is 3. The molecule has 1 atom stereocenters. The molecular weight excluding hydrogens is 522 g/mol. The zero-order valence-electron chi connectivity index (χ0n) is 22.7. The largest absolute Gasteiger partial charge is 0.369 e. The molecule has 0 saturated carbocycles. The van der Waals surface area contributed by atoms with Crippen molar-refractivity contribution in [3.8, 4) is 0 Å². The van der Waals surface area contributed by atoms with Crippen LogP contribution in [0.25, 0.3) is 10.9 Å². The van der Waals surface area contributed by atoms with Crippen molar-refractivity contribution in [1.82, 2.24) is 30.1 Å². The molecular formula is C31H32ClN7O. The Bertz CT molecular complexity index is 1690. The van der Waals surface area contributed by atoms with Crippen molar-refractivity contribution in [2.75, 3.05) is 31.1 Å². The number of H-pyrrole nitrogens is 1. The van der Waals surface area contributed by atoms with Crippen LogP contribution in [0, 0.1) is 13.8 Å². The van der Waals surface area contributed by atoms with Gasteiger partial charge in [0.15, 0.2) is 5.82 Å². The fourth-order valence-corrected chi connectivity index (χ4v) is 5.86. The van der Waals surface area contributed by atoms with Crippen molar-refractivity contribution < 1.29 is 0 Å². The minimum Gasteiger partial charge on any atom is -0.369 e. The van der Waals surface area contributed by atoms with Gasteiger partial charge in [-0.15, -0.1) is 5.10 Å². The Morgan fingerprint density at radius 1 is 0.925 bits per heavy atom. The number of nitrogens with one attached hydrogen (secondary N) is 1. The number of rotatable bonds is 7. The lowest BCUT2D eigenvalue weighted by Crippen LogP contribution is -2.49. The van der Waals surface area contributed by atoms with E-state index in [1.54, 1.807) is 0 Å². The second-order valence-electron chi connectivity index (χ2n) is 10.4. The predicted octanol–water partition coefficient (Wildman–Crippen LogP) is 4.94. The second kappa shape index (κ2) is 11.2. The topological polar surface area (TPSA) is 82.9 Å². The molecule has 0 bridgehead atoms. The van der Waals surface area contributed by atoms with Crippen LogP contribution in [0.4, 0.5) is 5.69 Å². The quantitative estimate of drug-likeness (QED) is 0.307. The van der Waals surface area contributed by atoms with E-state index in [4.69, 9.17) is 11.6 Å². The maximum Gasteiger partial charge on any atom is 0.253 e. The van der Waals surface area contributed by atoms with Gasteiger partial charge in [-0.2, -0.15) is 0 Å². The van der Waals surface area contributed by atoms with Crippen LogP contribution in [0.15, 0.2) is 77.6 Å². The van der Waals surface area contributed by atoms with Crippen molar-refractivity contribution in [2.24, 2.45) is 0 Å². The summed E-state index contributed by atoms with van der Waals surface area (Å²) in [6, 6.07) is 24.0. The molecule has 2 aromatic heterocycles. The molecule has 3 heterocycles. The molecule has 204 valence electrons. The third-order valence-electron chi connectivity index (χ3n) is 7.86. The summed E-state index contributed by atoms with van der Waals surface area (Å²) in [6.07, 6.45) is 0.792. The number of tetrazole rings is 1. The minimum atomic E-state index is -0.387. The van der Waals surface area contributed by atoms with Crippen LogP contribution in [-0.4, -0.2) is 56.3 Å². The summed E-state index contributed by atoms with van der Waals surface area (Å²) < 4.78 is 1.85. The molecule has 9 heteroatoms.